The molecule has 2 aliphatic carbocycles. The summed E-state index contributed by atoms with van der Waals surface area (Å²) in [5.41, 5.74) is 3.78. The lowest BCUT2D eigenvalue weighted by Crippen LogP contribution is -2.17. The second-order valence-electron chi connectivity index (χ2n) is 6.96. The maximum Gasteiger partial charge on any atom is 0.112 e. The molecule has 1 fully saturated rings. The van der Waals surface area contributed by atoms with Crippen molar-refractivity contribution < 1.29 is 4.39 Å². The van der Waals surface area contributed by atoms with Crippen molar-refractivity contribution in [3.05, 3.63) is 34.9 Å². The van der Waals surface area contributed by atoms with Gasteiger partial charge >= 0.3 is 0 Å². The summed E-state index contributed by atoms with van der Waals surface area (Å²) >= 11 is 0. The third-order valence-corrected chi connectivity index (χ3v) is 4.79. The highest BCUT2D eigenvalue weighted by Crippen LogP contribution is 2.57. The molecule has 0 bridgehead atoms. The number of hydrogen-bond acceptors (Lipinski definition) is 0. The SMILES string of the molecule is CC(C)=C(C)CC1(C2=C/CCC(C)(F)C/C=C\2)CC1. The normalized spacial score (nSPS) is 33.6. The first-order valence-corrected chi connectivity index (χ1v) is 7.54. The van der Waals surface area contributed by atoms with Gasteiger partial charge in [-0.15, -0.1) is 0 Å². The molecule has 0 N–H and O–H groups in total. The highest BCUT2D eigenvalue weighted by Gasteiger charge is 2.45. The molecule has 1 saturated carbocycles. The second-order valence-corrected chi connectivity index (χ2v) is 6.96. The fraction of sp³-hybridized carbons (Fsp3) is 0.667. The molecule has 106 valence electrons. The van der Waals surface area contributed by atoms with E-state index >= 15 is 0 Å². The molecule has 2 aliphatic rings. The molecule has 1 heteroatoms. The number of allylic oxidation sites excluding steroid dienone is 6. The van der Waals surface area contributed by atoms with Crippen LogP contribution in [0.3, 0.4) is 0 Å². The molecule has 2 rings (SSSR count). The van der Waals surface area contributed by atoms with Gasteiger partial charge in [0.15, 0.2) is 0 Å². The number of alkyl halides is 1. The third-order valence-electron chi connectivity index (χ3n) is 4.79. The standard InChI is InChI=1S/C18H27F/c1-14(2)15(3)13-18(11-12-18)16-7-5-9-17(4,19)10-6-8-16/h5,7-8H,6,9-13H2,1-4H3/b7-5-,16-8+. The van der Waals surface area contributed by atoms with Gasteiger partial charge in [0, 0.05) is 0 Å². The molecule has 0 amide bonds. The molecule has 19 heavy (non-hydrogen) atoms. The summed E-state index contributed by atoms with van der Waals surface area (Å²) in [6.07, 6.45) is 12.4. The van der Waals surface area contributed by atoms with Crippen LogP contribution in [-0.4, -0.2) is 5.67 Å². The van der Waals surface area contributed by atoms with Gasteiger partial charge in [-0.3, -0.25) is 0 Å². The molecule has 0 nitrogen and oxygen atoms in total. The van der Waals surface area contributed by atoms with E-state index in [1.807, 2.05) is 6.08 Å². The van der Waals surface area contributed by atoms with E-state index in [1.165, 1.54) is 36.0 Å². The first-order valence-electron chi connectivity index (χ1n) is 7.54. The molecule has 1 atom stereocenters. The summed E-state index contributed by atoms with van der Waals surface area (Å²) in [5, 5.41) is 0. The Bertz CT molecular complexity index is 427. The smallest absolute Gasteiger partial charge is 0.112 e. The van der Waals surface area contributed by atoms with Crippen LogP contribution in [0.4, 0.5) is 4.39 Å². The average Bonchev–Trinajstić information content (AvgIpc) is 3.04. The zero-order valence-corrected chi connectivity index (χ0v) is 12.9. The van der Waals surface area contributed by atoms with Gasteiger partial charge in [-0.05, 0) is 77.2 Å². The van der Waals surface area contributed by atoms with Gasteiger partial charge in [0.25, 0.3) is 0 Å². The molecule has 0 aromatic heterocycles. The monoisotopic (exact) mass is 262 g/mol. The minimum absolute atomic E-state index is 0.377. The molecule has 0 spiro atoms. The van der Waals surface area contributed by atoms with E-state index in [1.54, 1.807) is 6.92 Å². The van der Waals surface area contributed by atoms with E-state index in [-0.39, 0.29) is 0 Å². The lowest BCUT2D eigenvalue weighted by atomic mass is 9.84. The van der Waals surface area contributed by atoms with Crippen LogP contribution in [0.25, 0.3) is 0 Å². The van der Waals surface area contributed by atoms with Crippen LogP contribution >= 0.6 is 0 Å². The first kappa shape index (κ1) is 14.6. The zero-order chi connectivity index (χ0) is 14.1. The third kappa shape index (κ3) is 3.58. The second kappa shape index (κ2) is 5.26. The first-order chi connectivity index (χ1) is 8.85. The quantitative estimate of drug-likeness (QED) is 0.555. The lowest BCUT2D eigenvalue weighted by molar-refractivity contribution is 0.179. The predicted octanol–water partition coefficient (Wildman–Crippen LogP) is 5.91. The van der Waals surface area contributed by atoms with Crippen molar-refractivity contribution in [1.82, 2.24) is 0 Å². The Kier molecular flexibility index (Phi) is 4.03. The van der Waals surface area contributed by atoms with Crippen LogP contribution in [0.1, 0.15) is 66.2 Å². The molecule has 0 saturated heterocycles. The van der Waals surface area contributed by atoms with Gasteiger partial charge in [0.05, 0.1) is 0 Å². The van der Waals surface area contributed by atoms with Crippen LogP contribution < -0.4 is 0 Å². The molecular formula is C18H27F. The van der Waals surface area contributed by atoms with Crippen molar-refractivity contribution in [2.45, 2.75) is 71.9 Å². The van der Waals surface area contributed by atoms with Crippen molar-refractivity contribution >= 4 is 0 Å². The van der Waals surface area contributed by atoms with Gasteiger partial charge in [-0.1, -0.05) is 29.4 Å². The topological polar surface area (TPSA) is 0 Å². The van der Waals surface area contributed by atoms with E-state index in [2.05, 4.69) is 32.9 Å². The average molecular weight is 262 g/mol. The highest BCUT2D eigenvalue weighted by molar-refractivity contribution is 5.35. The van der Waals surface area contributed by atoms with Crippen LogP contribution in [0.5, 0.6) is 0 Å². The Morgan fingerprint density at radius 3 is 2.47 bits per heavy atom. The molecule has 0 heterocycles. The maximum absolute atomic E-state index is 14.0. The summed E-state index contributed by atoms with van der Waals surface area (Å²) in [5.74, 6) is 0. The zero-order valence-electron chi connectivity index (χ0n) is 12.9. The van der Waals surface area contributed by atoms with E-state index < -0.39 is 5.67 Å². The van der Waals surface area contributed by atoms with E-state index in [9.17, 15) is 4.39 Å². The predicted molar refractivity (Wildman–Crippen MR) is 80.9 cm³/mol. The van der Waals surface area contributed by atoms with Gasteiger partial charge in [0.1, 0.15) is 5.67 Å². The number of halogens is 1. The largest absolute Gasteiger partial charge is 0.244 e. The maximum atomic E-state index is 14.0. The number of hydrogen-bond donors (Lipinski definition) is 0. The summed E-state index contributed by atoms with van der Waals surface area (Å²) < 4.78 is 14.0. The Morgan fingerprint density at radius 1 is 1.21 bits per heavy atom. The fourth-order valence-corrected chi connectivity index (χ4v) is 2.93. The van der Waals surface area contributed by atoms with Crippen LogP contribution in [0.2, 0.25) is 0 Å². The van der Waals surface area contributed by atoms with Crippen LogP contribution in [0.15, 0.2) is 34.9 Å². The molecular weight excluding hydrogens is 235 g/mol. The van der Waals surface area contributed by atoms with Crippen LogP contribution in [-0.2, 0) is 0 Å². The summed E-state index contributed by atoms with van der Waals surface area (Å²) in [7, 11) is 0. The Morgan fingerprint density at radius 2 is 1.89 bits per heavy atom. The Hall–Kier alpha value is -0.850. The summed E-state index contributed by atoms with van der Waals surface area (Å²) in [6, 6.07) is 0. The van der Waals surface area contributed by atoms with Crippen molar-refractivity contribution in [3.8, 4) is 0 Å². The summed E-state index contributed by atoms with van der Waals surface area (Å²) in [6.45, 7) is 8.36. The van der Waals surface area contributed by atoms with Crippen molar-refractivity contribution in [2.24, 2.45) is 5.41 Å². The molecule has 1 unspecified atom stereocenters. The molecule has 0 radical (unpaired) electrons. The molecule has 0 aliphatic heterocycles. The molecule has 0 aromatic rings. The minimum atomic E-state index is -1.02. The summed E-state index contributed by atoms with van der Waals surface area (Å²) in [4.78, 5) is 0. The molecule has 0 aromatic carbocycles. The number of rotatable bonds is 3. The minimum Gasteiger partial charge on any atom is -0.244 e. The van der Waals surface area contributed by atoms with Gasteiger partial charge in [-0.25, -0.2) is 4.39 Å². The van der Waals surface area contributed by atoms with Gasteiger partial charge in [-0.2, -0.15) is 0 Å². The van der Waals surface area contributed by atoms with Gasteiger partial charge in [0.2, 0.25) is 0 Å². The Balaban J connectivity index is 2.12. The lowest BCUT2D eigenvalue weighted by Gasteiger charge is -2.23. The fourth-order valence-electron chi connectivity index (χ4n) is 2.93. The van der Waals surface area contributed by atoms with Crippen LogP contribution in [0, 0.1) is 5.41 Å². The highest BCUT2D eigenvalue weighted by atomic mass is 19.1. The van der Waals surface area contributed by atoms with Crippen molar-refractivity contribution in [1.29, 1.82) is 0 Å². The van der Waals surface area contributed by atoms with Crippen molar-refractivity contribution in [3.63, 3.8) is 0 Å². The van der Waals surface area contributed by atoms with E-state index in [4.69, 9.17) is 0 Å². The Labute approximate surface area is 117 Å². The van der Waals surface area contributed by atoms with Gasteiger partial charge < -0.3 is 0 Å². The van der Waals surface area contributed by atoms with E-state index in [0.29, 0.717) is 18.3 Å². The van der Waals surface area contributed by atoms with E-state index in [0.717, 1.165) is 6.42 Å². The van der Waals surface area contributed by atoms with Crippen molar-refractivity contribution in [2.75, 3.05) is 0 Å².